The highest BCUT2D eigenvalue weighted by Crippen LogP contribution is 2.21. The lowest BCUT2D eigenvalue weighted by Crippen LogP contribution is -2.54. The first-order valence-corrected chi connectivity index (χ1v) is 9.89. The summed E-state index contributed by atoms with van der Waals surface area (Å²) in [5.41, 5.74) is 5.97. The van der Waals surface area contributed by atoms with Gasteiger partial charge in [0.05, 0.1) is 22.0 Å². The zero-order valence-electron chi connectivity index (χ0n) is 16.3. The first-order chi connectivity index (χ1) is 14.5. The molecule has 1 saturated heterocycles. The fraction of sp³-hybridized carbons (Fsp3) is 0.316. The molecule has 10 nitrogen and oxygen atoms in total. The van der Waals surface area contributed by atoms with Gasteiger partial charge in [-0.1, -0.05) is 17.7 Å². The quantitative estimate of drug-likeness (QED) is 0.546. The standard InChI is InChI=1S/C19H21ClN8O2/c1-11(25-18(29)15-16(21)24-6-5-23-15)17-26-13-4-2-3-12(20)14(13)19(30)28(17)27-9-7-22-8-10-27/h2-6,11,22H,7-10H2,1H3,(H2,21,24)(H,25,29)/t11-/m0/s1. The number of nitrogens with zero attached hydrogens (tertiary/aromatic N) is 5. The van der Waals surface area contributed by atoms with Crippen LogP contribution < -0.4 is 26.9 Å². The minimum Gasteiger partial charge on any atom is -0.382 e. The van der Waals surface area contributed by atoms with E-state index in [9.17, 15) is 9.59 Å². The predicted molar refractivity (Wildman–Crippen MR) is 114 cm³/mol. The van der Waals surface area contributed by atoms with Crippen molar-refractivity contribution in [3.8, 4) is 0 Å². The molecule has 1 amide bonds. The molecule has 0 spiro atoms. The summed E-state index contributed by atoms with van der Waals surface area (Å²) in [5, 5.41) is 8.67. The molecule has 3 heterocycles. The van der Waals surface area contributed by atoms with E-state index in [0.29, 0.717) is 34.8 Å². The van der Waals surface area contributed by atoms with E-state index < -0.39 is 11.9 Å². The van der Waals surface area contributed by atoms with E-state index in [2.05, 4.69) is 25.6 Å². The van der Waals surface area contributed by atoms with Gasteiger partial charge in [0.1, 0.15) is 0 Å². The fourth-order valence-corrected chi connectivity index (χ4v) is 3.71. The van der Waals surface area contributed by atoms with Gasteiger partial charge in [0.15, 0.2) is 17.3 Å². The zero-order chi connectivity index (χ0) is 21.3. The van der Waals surface area contributed by atoms with Crippen LogP contribution in [0.5, 0.6) is 0 Å². The Balaban J connectivity index is 1.79. The van der Waals surface area contributed by atoms with E-state index in [1.165, 1.54) is 17.1 Å². The Morgan fingerprint density at radius 2 is 2.00 bits per heavy atom. The summed E-state index contributed by atoms with van der Waals surface area (Å²) in [7, 11) is 0. The van der Waals surface area contributed by atoms with Gasteiger partial charge in [-0.25, -0.2) is 19.6 Å². The molecule has 0 bridgehead atoms. The summed E-state index contributed by atoms with van der Waals surface area (Å²) < 4.78 is 1.51. The predicted octanol–water partition coefficient (Wildman–Crippen LogP) is 0.454. The molecule has 4 rings (SSSR count). The molecule has 4 N–H and O–H groups in total. The van der Waals surface area contributed by atoms with Gasteiger partial charge in [-0.05, 0) is 19.1 Å². The molecule has 1 aliphatic heterocycles. The number of nitrogens with one attached hydrogen (secondary N) is 2. The molecule has 11 heteroatoms. The van der Waals surface area contributed by atoms with Crippen LogP contribution in [0.25, 0.3) is 10.9 Å². The monoisotopic (exact) mass is 428 g/mol. The molecule has 0 saturated carbocycles. The molecule has 156 valence electrons. The number of hydrogen-bond acceptors (Lipinski definition) is 8. The number of piperazine rings is 1. The van der Waals surface area contributed by atoms with Crippen LogP contribution in [0.2, 0.25) is 5.02 Å². The Bertz CT molecular complexity index is 1160. The largest absolute Gasteiger partial charge is 0.382 e. The third-order valence-corrected chi connectivity index (χ3v) is 5.22. The maximum Gasteiger partial charge on any atom is 0.281 e. The second-order valence-electron chi connectivity index (χ2n) is 6.91. The number of rotatable bonds is 4. The maximum atomic E-state index is 13.4. The molecule has 1 aliphatic rings. The average molecular weight is 429 g/mol. The van der Waals surface area contributed by atoms with Crippen molar-refractivity contribution in [3.63, 3.8) is 0 Å². The highest BCUT2D eigenvalue weighted by molar-refractivity contribution is 6.35. The Morgan fingerprint density at radius 3 is 2.73 bits per heavy atom. The zero-order valence-corrected chi connectivity index (χ0v) is 17.1. The number of amides is 1. The topological polar surface area (TPSA) is 131 Å². The van der Waals surface area contributed by atoms with Gasteiger partial charge < -0.3 is 21.4 Å². The van der Waals surface area contributed by atoms with Crippen LogP contribution in [-0.4, -0.2) is 51.7 Å². The van der Waals surface area contributed by atoms with Gasteiger partial charge in [0.25, 0.3) is 11.5 Å². The van der Waals surface area contributed by atoms with E-state index in [1.807, 2.05) is 5.01 Å². The lowest BCUT2D eigenvalue weighted by atomic mass is 10.2. The average Bonchev–Trinajstić information content (AvgIpc) is 2.74. The Kier molecular flexibility index (Phi) is 5.51. The summed E-state index contributed by atoms with van der Waals surface area (Å²) in [5.74, 6) is -0.0761. The summed E-state index contributed by atoms with van der Waals surface area (Å²) >= 11 is 6.30. The molecule has 1 fully saturated rings. The molecule has 3 aromatic rings. The Labute approximate surface area is 177 Å². The number of carbonyl (C=O) groups excluding carboxylic acids is 1. The van der Waals surface area contributed by atoms with Gasteiger partial charge in [-0.3, -0.25) is 9.59 Å². The van der Waals surface area contributed by atoms with Gasteiger partial charge >= 0.3 is 0 Å². The third kappa shape index (κ3) is 3.66. The van der Waals surface area contributed by atoms with Crippen LogP contribution in [0, 0.1) is 0 Å². The number of benzene rings is 1. The highest BCUT2D eigenvalue weighted by atomic mass is 35.5. The number of carbonyl (C=O) groups is 1. The van der Waals surface area contributed by atoms with Crippen LogP contribution in [0.4, 0.5) is 5.82 Å². The summed E-state index contributed by atoms with van der Waals surface area (Å²) in [6, 6.07) is 4.52. The van der Waals surface area contributed by atoms with Crippen molar-refractivity contribution in [2.45, 2.75) is 13.0 Å². The molecule has 0 aliphatic carbocycles. The second kappa shape index (κ2) is 8.25. The Hall–Kier alpha value is -3.24. The lowest BCUT2D eigenvalue weighted by Gasteiger charge is -2.33. The van der Waals surface area contributed by atoms with Gasteiger partial charge in [-0.15, -0.1) is 0 Å². The second-order valence-corrected chi connectivity index (χ2v) is 7.32. The van der Waals surface area contributed by atoms with Crippen LogP contribution in [0.15, 0.2) is 35.4 Å². The number of nitrogen functional groups attached to an aromatic ring is 1. The van der Waals surface area contributed by atoms with E-state index >= 15 is 0 Å². The van der Waals surface area contributed by atoms with Crippen molar-refractivity contribution in [2.24, 2.45) is 0 Å². The van der Waals surface area contributed by atoms with Crippen LogP contribution >= 0.6 is 11.6 Å². The van der Waals surface area contributed by atoms with Crippen LogP contribution in [0.3, 0.4) is 0 Å². The van der Waals surface area contributed by atoms with Crippen LogP contribution in [-0.2, 0) is 0 Å². The van der Waals surface area contributed by atoms with Crippen molar-refractivity contribution >= 4 is 34.2 Å². The van der Waals surface area contributed by atoms with Crippen LogP contribution in [0.1, 0.15) is 29.3 Å². The highest BCUT2D eigenvalue weighted by Gasteiger charge is 2.25. The van der Waals surface area contributed by atoms with Crippen molar-refractivity contribution in [1.82, 2.24) is 30.3 Å². The molecule has 2 aromatic heterocycles. The lowest BCUT2D eigenvalue weighted by molar-refractivity contribution is 0.0932. The summed E-state index contributed by atoms with van der Waals surface area (Å²) in [4.78, 5) is 38.6. The van der Waals surface area contributed by atoms with E-state index in [-0.39, 0.29) is 17.1 Å². The van der Waals surface area contributed by atoms with E-state index in [0.717, 1.165) is 13.1 Å². The van der Waals surface area contributed by atoms with E-state index in [1.54, 1.807) is 25.1 Å². The minimum atomic E-state index is -0.607. The smallest absolute Gasteiger partial charge is 0.281 e. The number of nitrogens with two attached hydrogens (primary N) is 1. The van der Waals surface area contributed by atoms with E-state index in [4.69, 9.17) is 17.3 Å². The van der Waals surface area contributed by atoms with Crippen molar-refractivity contribution in [2.75, 3.05) is 36.9 Å². The molecular weight excluding hydrogens is 408 g/mol. The molecule has 30 heavy (non-hydrogen) atoms. The number of anilines is 1. The molecule has 1 aromatic carbocycles. The van der Waals surface area contributed by atoms with Crippen molar-refractivity contribution in [1.29, 1.82) is 0 Å². The number of hydrogen-bond donors (Lipinski definition) is 3. The number of aromatic nitrogens is 4. The van der Waals surface area contributed by atoms with Gasteiger partial charge in [-0.2, -0.15) is 0 Å². The first-order valence-electron chi connectivity index (χ1n) is 9.52. The summed E-state index contributed by atoms with van der Waals surface area (Å²) in [6.45, 7) is 4.43. The molecule has 0 unspecified atom stereocenters. The fourth-order valence-electron chi connectivity index (χ4n) is 3.46. The normalized spacial score (nSPS) is 15.2. The minimum absolute atomic E-state index is 0.0178. The molecule has 0 radical (unpaired) electrons. The number of halogens is 1. The molecular formula is C19H21ClN8O2. The maximum absolute atomic E-state index is 13.4. The van der Waals surface area contributed by atoms with Gasteiger partial charge in [0.2, 0.25) is 0 Å². The van der Waals surface area contributed by atoms with Crippen molar-refractivity contribution in [3.05, 3.63) is 57.5 Å². The van der Waals surface area contributed by atoms with Crippen molar-refractivity contribution < 1.29 is 4.79 Å². The SMILES string of the molecule is C[C@H](NC(=O)c1nccnc1N)c1nc2cccc(Cl)c2c(=O)n1N1CCNCC1. The molecule has 1 atom stereocenters. The third-order valence-electron chi connectivity index (χ3n) is 4.90. The first kappa shape index (κ1) is 20.0. The summed E-state index contributed by atoms with van der Waals surface area (Å²) in [6.07, 6.45) is 2.80. The number of fused-ring (bicyclic) bond motifs is 1. The Morgan fingerprint density at radius 1 is 1.27 bits per heavy atom. The van der Waals surface area contributed by atoms with Gasteiger partial charge in [0, 0.05) is 38.6 Å².